The predicted molar refractivity (Wildman–Crippen MR) is 69.1 cm³/mol. The molecule has 0 bridgehead atoms. The fourth-order valence-corrected chi connectivity index (χ4v) is 2.09. The molecule has 8 heteroatoms. The highest BCUT2D eigenvalue weighted by Crippen LogP contribution is 2.29. The van der Waals surface area contributed by atoms with Crippen LogP contribution in [-0.2, 0) is 9.59 Å². The molecule has 2 rings (SSSR count). The number of anilines is 1. The molecule has 1 aliphatic heterocycles. The van der Waals surface area contributed by atoms with Gasteiger partial charge in [-0.2, -0.15) is 0 Å². The molecule has 0 saturated carbocycles. The Morgan fingerprint density at radius 1 is 1.28 bits per heavy atom. The van der Waals surface area contributed by atoms with Crippen LogP contribution in [-0.4, -0.2) is 22.8 Å². The third kappa shape index (κ3) is 2.85. The van der Waals surface area contributed by atoms with Gasteiger partial charge in [0, 0.05) is 6.42 Å². The summed E-state index contributed by atoms with van der Waals surface area (Å²) in [5.74, 6) is -0.429. The van der Waals surface area contributed by atoms with E-state index in [1.807, 2.05) is 0 Å². The van der Waals surface area contributed by atoms with Crippen molar-refractivity contribution in [2.75, 3.05) is 5.32 Å². The smallest absolute Gasteiger partial charge is 0.249 e. The number of piperidine rings is 1. The number of amides is 2. The number of pyridine rings is 1. The lowest BCUT2D eigenvalue weighted by atomic mass is 10.1. The van der Waals surface area contributed by atoms with Gasteiger partial charge in [0.1, 0.15) is 17.0 Å². The van der Waals surface area contributed by atoms with E-state index in [0.717, 1.165) is 0 Å². The van der Waals surface area contributed by atoms with Gasteiger partial charge in [-0.3, -0.25) is 14.9 Å². The van der Waals surface area contributed by atoms with E-state index >= 15 is 0 Å². The fraction of sp³-hybridized carbons (Fsp3) is 0.300. The van der Waals surface area contributed by atoms with Crippen LogP contribution in [0.3, 0.4) is 0 Å². The summed E-state index contributed by atoms with van der Waals surface area (Å²) in [5, 5.41) is 5.65. The first-order chi connectivity index (χ1) is 8.47. The van der Waals surface area contributed by atoms with Crippen LogP contribution in [0.5, 0.6) is 0 Å². The third-order valence-corrected chi connectivity index (χ3v) is 3.40. The van der Waals surface area contributed by atoms with E-state index in [4.69, 9.17) is 34.8 Å². The highest BCUT2D eigenvalue weighted by molar-refractivity contribution is 6.42. The van der Waals surface area contributed by atoms with Crippen LogP contribution in [0.1, 0.15) is 12.8 Å². The lowest BCUT2D eigenvalue weighted by Gasteiger charge is -2.22. The maximum absolute atomic E-state index is 11.5. The largest absolute Gasteiger partial charge is 0.357 e. The van der Waals surface area contributed by atoms with Crippen molar-refractivity contribution in [2.24, 2.45) is 0 Å². The molecule has 1 saturated heterocycles. The van der Waals surface area contributed by atoms with Crippen molar-refractivity contribution in [3.05, 3.63) is 21.3 Å². The number of carbonyl (C=O) groups excluding carboxylic acids is 2. The van der Waals surface area contributed by atoms with Crippen molar-refractivity contribution in [2.45, 2.75) is 18.9 Å². The van der Waals surface area contributed by atoms with Crippen LogP contribution < -0.4 is 10.6 Å². The Bertz CT molecular complexity index is 521. The van der Waals surface area contributed by atoms with Gasteiger partial charge in [0.15, 0.2) is 0 Å². The van der Waals surface area contributed by atoms with Gasteiger partial charge in [-0.15, -0.1) is 0 Å². The number of carbonyl (C=O) groups is 2. The maximum Gasteiger partial charge on any atom is 0.249 e. The molecule has 1 unspecified atom stereocenters. The molecular formula is C10H8Cl3N3O2. The van der Waals surface area contributed by atoms with Crippen molar-refractivity contribution in [3.63, 3.8) is 0 Å². The fourth-order valence-electron chi connectivity index (χ4n) is 1.54. The molecule has 1 aliphatic rings. The number of halogens is 3. The van der Waals surface area contributed by atoms with E-state index < -0.39 is 11.9 Å². The molecule has 0 spiro atoms. The monoisotopic (exact) mass is 307 g/mol. The van der Waals surface area contributed by atoms with Crippen molar-refractivity contribution >= 4 is 52.4 Å². The number of imide groups is 1. The summed E-state index contributed by atoms with van der Waals surface area (Å²) in [6, 6.07) is 0.872. The average Bonchev–Trinajstić information content (AvgIpc) is 2.29. The molecule has 1 fully saturated rings. The SMILES string of the molecule is O=C1CCC(Nc2nc(Cl)c(Cl)cc2Cl)C(=O)N1. The summed E-state index contributed by atoms with van der Waals surface area (Å²) in [6.07, 6.45) is 0.644. The number of nitrogens with zero attached hydrogens (tertiary/aromatic N) is 1. The van der Waals surface area contributed by atoms with Crippen LogP contribution >= 0.6 is 34.8 Å². The molecule has 0 radical (unpaired) electrons. The van der Waals surface area contributed by atoms with Crippen molar-refractivity contribution < 1.29 is 9.59 Å². The quantitative estimate of drug-likeness (QED) is 0.649. The van der Waals surface area contributed by atoms with Gasteiger partial charge in [-0.1, -0.05) is 34.8 Å². The van der Waals surface area contributed by atoms with Gasteiger partial charge in [0.25, 0.3) is 0 Å². The molecule has 5 nitrogen and oxygen atoms in total. The van der Waals surface area contributed by atoms with Crippen LogP contribution in [0, 0.1) is 0 Å². The van der Waals surface area contributed by atoms with Crippen LogP contribution in [0.4, 0.5) is 5.82 Å². The summed E-state index contributed by atoms with van der Waals surface area (Å²) in [7, 11) is 0. The molecule has 1 atom stereocenters. The Hall–Kier alpha value is -1.04. The van der Waals surface area contributed by atoms with Gasteiger partial charge in [-0.25, -0.2) is 4.98 Å². The molecule has 1 aromatic rings. The number of rotatable bonds is 2. The summed E-state index contributed by atoms with van der Waals surface area (Å²) >= 11 is 17.4. The third-order valence-electron chi connectivity index (χ3n) is 2.44. The molecule has 2 heterocycles. The number of nitrogens with one attached hydrogen (secondary N) is 2. The van der Waals surface area contributed by atoms with Crippen LogP contribution in [0.15, 0.2) is 6.07 Å². The standard InChI is InChI=1S/C10H8Cl3N3O2/c11-4-3-5(12)9(16-8(4)13)14-6-1-2-7(17)15-10(6)18/h3,6H,1-2H2,(H,14,16)(H,15,17,18). The Labute approximate surface area is 118 Å². The molecule has 0 aliphatic carbocycles. The number of hydrogen-bond acceptors (Lipinski definition) is 4. The maximum atomic E-state index is 11.5. The lowest BCUT2D eigenvalue weighted by molar-refractivity contribution is -0.133. The summed E-state index contributed by atoms with van der Waals surface area (Å²) < 4.78 is 0. The van der Waals surface area contributed by atoms with Gasteiger partial charge >= 0.3 is 0 Å². The molecule has 0 aromatic carbocycles. The molecular weight excluding hydrogens is 300 g/mol. The van der Waals surface area contributed by atoms with Crippen LogP contribution in [0.2, 0.25) is 15.2 Å². The first-order valence-corrected chi connectivity index (χ1v) is 6.22. The second kappa shape index (κ2) is 5.30. The molecule has 2 N–H and O–H groups in total. The minimum Gasteiger partial charge on any atom is -0.357 e. The Morgan fingerprint density at radius 2 is 2.00 bits per heavy atom. The first-order valence-electron chi connectivity index (χ1n) is 5.09. The zero-order chi connectivity index (χ0) is 13.3. The van der Waals surface area contributed by atoms with Gasteiger partial charge in [0.05, 0.1) is 10.0 Å². The number of hydrogen-bond donors (Lipinski definition) is 2. The van der Waals surface area contributed by atoms with Crippen molar-refractivity contribution in [1.29, 1.82) is 0 Å². The molecule has 18 heavy (non-hydrogen) atoms. The minimum absolute atomic E-state index is 0.0934. The lowest BCUT2D eigenvalue weighted by Crippen LogP contribution is -2.47. The van der Waals surface area contributed by atoms with Crippen molar-refractivity contribution in [1.82, 2.24) is 10.3 Å². The van der Waals surface area contributed by atoms with E-state index in [0.29, 0.717) is 6.42 Å². The van der Waals surface area contributed by atoms with Crippen LogP contribution in [0.25, 0.3) is 0 Å². The summed E-state index contributed by atoms with van der Waals surface area (Å²) in [6.45, 7) is 0. The minimum atomic E-state index is -0.565. The molecule has 1 aromatic heterocycles. The Kier molecular flexibility index (Phi) is 3.94. The van der Waals surface area contributed by atoms with Gasteiger partial charge < -0.3 is 5.32 Å². The highest BCUT2D eigenvalue weighted by Gasteiger charge is 2.27. The van der Waals surface area contributed by atoms with E-state index in [9.17, 15) is 9.59 Å². The van der Waals surface area contributed by atoms with E-state index in [2.05, 4.69) is 15.6 Å². The topological polar surface area (TPSA) is 71.1 Å². The average molecular weight is 309 g/mol. The zero-order valence-electron chi connectivity index (χ0n) is 8.97. The van der Waals surface area contributed by atoms with Gasteiger partial charge in [0.2, 0.25) is 11.8 Å². The van der Waals surface area contributed by atoms with Crippen molar-refractivity contribution in [3.8, 4) is 0 Å². The molecule has 96 valence electrons. The second-order valence-electron chi connectivity index (χ2n) is 3.74. The highest BCUT2D eigenvalue weighted by atomic mass is 35.5. The predicted octanol–water partition coefficient (Wildman–Crippen LogP) is 2.26. The second-order valence-corrected chi connectivity index (χ2v) is 4.91. The zero-order valence-corrected chi connectivity index (χ0v) is 11.2. The number of aromatic nitrogens is 1. The van der Waals surface area contributed by atoms with E-state index in [-0.39, 0.29) is 33.3 Å². The Balaban J connectivity index is 2.17. The van der Waals surface area contributed by atoms with Gasteiger partial charge in [-0.05, 0) is 12.5 Å². The van der Waals surface area contributed by atoms with E-state index in [1.165, 1.54) is 6.07 Å². The molecule has 2 amide bonds. The summed E-state index contributed by atoms with van der Waals surface area (Å²) in [5.41, 5.74) is 0. The Morgan fingerprint density at radius 3 is 2.67 bits per heavy atom. The summed E-state index contributed by atoms with van der Waals surface area (Å²) in [4.78, 5) is 26.5. The first kappa shape index (κ1) is 13.4. The normalized spacial score (nSPS) is 19.6. The van der Waals surface area contributed by atoms with E-state index in [1.54, 1.807) is 0 Å².